The molecule has 1 aliphatic carbocycles. The van der Waals surface area contributed by atoms with Gasteiger partial charge in [-0.15, -0.1) is 0 Å². The summed E-state index contributed by atoms with van der Waals surface area (Å²) >= 11 is 0. The zero-order chi connectivity index (χ0) is 16.2. The summed E-state index contributed by atoms with van der Waals surface area (Å²) in [6.07, 6.45) is 7.16. The molecule has 1 saturated heterocycles. The summed E-state index contributed by atoms with van der Waals surface area (Å²) in [7, 11) is 0. The summed E-state index contributed by atoms with van der Waals surface area (Å²) in [6, 6.07) is 8.87. The number of anilines is 1. The van der Waals surface area contributed by atoms with Crippen molar-refractivity contribution in [3.63, 3.8) is 0 Å². The van der Waals surface area contributed by atoms with Crippen LogP contribution < -0.4 is 10.2 Å². The van der Waals surface area contributed by atoms with Crippen LogP contribution in [0.15, 0.2) is 24.3 Å². The van der Waals surface area contributed by atoms with Crippen molar-refractivity contribution in [1.82, 2.24) is 5.32 Å². The lowest BCUT2D eigenvalue weighted by molar-refractivity contribution is -0.125. The molecule has 0 spiro atoms. The third kappa shape index (κ3) is 4.07. The number of carbonyl (C=O) groups is 1. The SMILES string of the molecule is CC1CCCN(c2ccc(C(C)NC(=O)C3CCCC3)cc2)C1. The van der Waals surface area contributed by atoms with E-state index < -0.39 is 0 Å². The van der Waals surface area contributed by atoms with Crippen LogP contribution in [0.4, 0.5) is 5.69 Å². The fourth-order valence-corrected chi connectivity index (χ4v) is 4.00. The van der Waals surface area contributed by atoms with E-state index in [1.54, 1.807) is 0 Å². The molecule has 1 heterocycles. The Hall–Kier alpha value is -1.51. The lowest BCUT2D eigenvalue weighted by Gasteiger charge is -2.33. The van der Waals surface area contributed by atoms with Crippen LogP contribution in [0.25, 0.3) is 0 Å². The van der Waals surface area contributed by atoms with Crippen molar-refractivity contribution < 1.29 is 4.79 Å². The quantitative estimate of drug-likeness (QED) is 0.899. The largest absolute Gasteiger partial charge is 0.371 e. The average Bonchev–Trinajstić information content (AvgIpc) is 3.09. The van der Waals surface area contributed by atoms with Crippen molar-refractivity contribution in [2.75, 3.05) is 18.0 Å². The van der Waals surface area contributed by atoms with Crippen LogP contribution in [0, 0.1) is 11.8 Å². The first-order valence-electron chi connectivity index (χ1n) is 9.29. The van der Waals surface area contributed by atoms with Crippen LogP contribution >= 0.6 is 0 Å². The molecule has 1 aliphatic heterocycles. The summed E-state index contributed by atoms with van der Waals surface area (Å²) in [6.45, 7) is 6.75. The Morgan fingerprint density at radius 1 is 1.13 bits per heavy atom. The molecule has 1 aromatic rings. The third-order valence-electron chi connectivity index (χ3n) is 5.50. The van der Waals surface area contributed by atoms with Crippen LogP contribution in [-0.2, 0) is 4.79 Å². The number of nitrogens with zero attached hydrogens (tertiary/aromatic N) is 1. The summed E-state index contributed by atoms with van der Waals surface area (Å²) in [5.41, 5.74) is 2.51. The van der Waals surface area contributed by atoms with E-state index in [9.17, 15) is 4.79 Å². The van der Waals surface area contributed by atoms with Gasteiger partial charge in [-0.3, -0.25) is 4.79 Å². The van der Waals surface area contributed by atoms with Crippen LogP contribution in [0.1, 0.15) is 64.0 Å². The van der Waals surface area contributed by atoms with Gasteiger partial charge in [0.2, 0.25) is 5.91 Å². The topological polar surface area (TPSA) is 32.3 Å². The van der Waals surface area contributed by atoms with Crippen molar-refractivity contribution in [1.29, 1.82) is 0 Å². The van der Waals surface area contributed by atoms with E-state index in [0.717, 1.165) is 31.8 Å². The minimum Gasteiger partial charge on any atom is -0.371 e. The maximum Gasteiger partial charge on any atom is 0.223 e. The molecule has 0 radical (unpaired) electrons. The number of piperidine rings is 1. The lowest BCUT2D eigenvalue weighted by atomic mass is 9.99. The molecule has 2 fully saturated rings. The van der Waals surface area contributed by atoms with Gasteiger partial charge in [-0.2, -0.15) is 0 Å². The molecular weight excluding hydrogens is 284 g/mol. The number of carbonyl (C=O) groups excluding carboxylic acids is 1. The van der Waals surface area contributed by atoms with Crippen LogP contribution in [-0.4, -0.2) is 19.0 Å². The van der Waals surface area contributed by atoms with E-state index >= 15 is 0 Å². The Kier molecular flexibility index (Phi) is 5.24. The molecule has 1 amide bonds. The standard InChI is InChI=1S/C20H30N2O/c1-15-6-5-13-22(14-15)19-11-9-17(10-12-19)16(2)21-20(23)18-7-3-4-8-18/h9-12,15-16,18H,3-8,13-14H2,1-2H3,(H,21,23). The van der Waals surface area contributed by atoms with Gasteiger partial charge in [0.1, 0.15) is 0 Å². The number of rotatable bonds is 4. The molecule has 2 aliphatic rings. The van der Waals surface area contributed by atoms with Crippen LogP contribution in [0.5, 0.6) is 0 Å². The third-order valence-corrected chi connectivity index (χ3v) is 5.50. The van der Waals surface area contributed by atoms with E-state index in [2.05, 4.69) is 48.3 Å². The van der Waals surface area contributed by atoms with Crippen molar-refractivity contribution >= 4 is 11.6 Å². The molecule has 126 valence electrons. The van der Waals surface area contributed by atoms with Gasteiger partial charge in [0.05, 0.1) is 6.04 Å². The Balaban J connectivity index is 1.58. The molecule has 2 atom stereocenters. The molecule has 3 nitrogen and oxygen atoms in total. The Bertz CT molecular complexity index is 519. The van der Waals surface area contributed by atoms with Gasteiger partial charge in [0.25, 0.3) is 0 Å². The van der Waals surface area contributed by atoms with Gasteiger partial charge >= 0.3 is 0 Å². The molecule has 0 aromatic heterocycles. The summed E-state index contributed by atoms with van der Waals surface area (Å²) < 4.78 is 0. The minimum atomic E-state index is 0.0948. The fourth-order valence-electron chi connectivity index (χ4n) is 4.00. The highest BCUT2D eigenvalue weighted by Gasteiger charge is 2.24. The molecule has 3 heteroatoms. The fraction of sp³-hybridized carbons (Fsp3) is 0.650. The monoisotopic (exact) mass is 314 g/mol. The van der Waals surface area contributed by atoms with E-state index in [1.165, 1.54) is 36.9 Å². The van der Waals surface area contributed by atoms with Gasteiger partial charge in [-0.25, -0.2) is 0 Å². The first-order valence-corrected chi connectivity index (χ1v) is 9.29. The van der Waals surface area contributed by atoms with Gasteiger partial charge in [-0.05, 0) is 56.2 Å². The van der Waals surface area contributed by atoms with Crippen molar-refractivity contribution in [3.8, 4) is 0 Å². The number of nitrogens with one attached hydrogen (secondary N) is 1. The van der Waals surface area contributed by atoms with Gasteiger partial charge in [-0.1, -0.05) is 31.9 Å². The minimum absolute atomic E-state index is 0.0948. The van der Waals surface area contributed by atoms with E-state index in [1.807, 2.05) is 0 Å². The second kappa shape index (κ2) is 7.37. The normalized spacial score (nSPS) is 23.7. The van der Waals surface area contributed by atoms with E-state index in [0.29, 0.717) is 0 Å². The number of benzene rings is 1. The molecule has 2 unspecified atom stereocenters. The molecule has 1 aromatic carbocycles. The zero-order valence-corrected chi connectivity index (χ0v) is 14.6. The van der Waals surface area contributed by atoms with Gasteiger partial charge in [0.15, 0.2) is 0 Å². The highest BCUT2D eigenvalue weighted by molar-refractivity contribution is 5.79. The van der Waals surface area contributed by atoms with Crippen molar-refractivity contribution in [3.05, 3.63) is 29.8 Å². The molecule has 0 bridgehead atoms. The predicted molar refractivity (Wildman–Crippen MR) is 95.6 cm³/mol. The van der Waals surface area contributed by atoms with Crippen molar-refractivity contribution in [2.45, 2.75) is 58.4 Å². The number of hydrogen-bond donors (Lipinski definition) is 1. The van der Waals surface area contributed by atoms with Gasteiger partial charge < -0.3 is 10.2 Å². The number of hydrogen-bond acceptors (Lipinski definition) is 2. The first-order chi connectivity index (χ1) is 11.1. The van der Waals surface area contributed by atoms with Crippen molar-refractivity contribution in [2.24, 2.45) is 11.8 Å². The smallest absolute Gasteiger partial charge is 0.223 e. The highest BCUT2D eigenvalue weighted by atomic mass is 16.1. The van der Waals surface area contributed by atoms with Crippen LogP contribution in [0.2, 0.25) is 0 Å². The molecule has 1 N–H and O–H groups in total. The summed E-state index contributed by atoms with van der Waals surface area (Å²) in [5, 5.41) is 3.19. The lowest BCUT2D eigenvalue weighted by Crippen LogP contribution is -2.34. The second-order valence-corrected chi connectivity index (χ2v) is 7.50. The number of amides is 1. The highest BCUT2D eigenvalue weighted by Crippen LogP contribution is 2.27. The second-order valence-electron chi connectivity index (χ2n) is 7.50. The van der Waals surface area contributed by atoms with Gasteiger partial charge in [0, 0.05) is 24.7 Å². The Morgan fingerprint density at radius 3 is 2.48 bits per heavy atom. The Morgan fingerprint density at radius 2 is 1.83 bits per heavy atom. The first kappa shape index (κ1) is 16.4. The average molecular weight is 314 g/mol. The maximum atomic E-state index is 12.3. The molecular formula is C20H30N2O. The molecule has 23 heavy (non-hydrogen) atoms. The Labute approximate surface area is 140 Å². The maximum absolute atomic E-state index is 12.3. The van der Waals surface area contributed by atoms with Crippen LogP contribution in [0.3, 0.4) is 0 Å². The molecule has 1 saturated carbocycles. The molecule has 3 rings (SSSR count). The van der Waals surface area contributed by atoms with E-state index in [4.69, 9.17) is 0 Å². The zero-order valence-electron chi connectivity index (χ0n) is 14.6. The summed E-state index contributed by atoms with van der Waals surface area (Å²) in [5.74, 6) is 1.27. The predicted octanol–water partition coefficient (Wildman–Crippen LogP) is 4.29. The summed E-state index contributed by atoms with van der Waals surface area (Å²) in [4.78, 5) is 14.7. The van der Waals surface area contributed by atoms with E-state index in [-0.39, 0.29) is 17.9 Å².